The molecule has 1 aromatic heterocycles. The topological polar surface area (TPSA) is 84.0 Å². The van der Waals surface area contributed by atoms with Gasteiger partial charge in [0.1, 0.15) is 5.82 Å². The quantitative estimate of drug-likeness (QED) is 0.835. The van der Waals surface area contributed by atoms with Gasteiger partial charge in [0.05, 0.1) is 6.54 Å². The lowest BCUT2D eigenvalue weighted by Crippen LogP contribution is -2.31. The van der Waals surface area contributed by atoms with Crippen LogP contribution < -0.4 is 16.4 Å². The van der Waals surface area contributed by atoms with Crippen molar-refractivity contribution in [1.29, 1.82) is 0 Å². The van der Waals surface area contributed by atoms with Gasteiger partial charge in [-0.15, -0.1) is 0 Å². The summed E-state index contributed by atoms with van der Waals surface area (Å²) in [6.45, 7) is 0.365. The summed E-state index contributed by atoms with van der Waals surface area (Å²) >= 11 is 0. The minimum atomic E-state index is -0.402. The average Bonchev–Trinajstić information content (AvgIpc) is 2.47. The van der Waals surface area contributed by atoms with Crippen LogP contribution in [0.4, 0.5) is 4.39 Å². The van der Waals surface area contributed by atoms with Crippen molar-refractivity contribution in [2.24, 2.45) is 0 Å². The Kier molecular flexibility index (Phi) is 4.65. The lowest BCUT2D eigenvalue weighted by molar-refractivity contribution is -0.121. The number of halogens is 1. The molecule has 21 heavy (non-hydrogen) atoms. The van der Waals surface area contributed by atoms with Gasteiger partial charge in [-0.05, 0) is 17.7 Å². The van der Waals surface area contributed by atoms with Gasteiger partial charge >= 0.3 is 0 Å². The first-order valence-electron chi connectivity index (χ1n) is 6.36. The van der Waals surface area contributed by atoms with Crippen LogP contribution in [0.5, 0.6) is 0 Å². The highest BCUT2D eigenvalue weighted by Crippen LogP contribution is 2.02. The summed E-state index contributed by atoms with van der Waals surface area (Å²) in [4.78, 5) is 34.2. The van der Waals surface area contributed by atoms with Crippen molar-refractivity contribution in [3.8, 4) is 0 Å². The predicted molar refractivity (Wildman–Crippen MR) is 74.2 cm³/mol. The molecule has 1 amide bonds. The lowest BCUT2D eigenvalue weighted by Gasteiger charge is -2.07. The van der Waals surface area contributed by atoms with Crippen LogP contribution in [0.1, 0.15) is 12.0 Å². The number of hydrogen-bond acceptors (Lipinski definition) is 3. The van der Waals surface area contributed by atoms with Crippen LogP contribution in [0.2, 0.25) is 0 Å². The first-order chi connectivity index (χ1) is 10.0. The summed E-state index contributed by atoms with van der Waals surface area (Å²) in [5.41, 5.74) is -0.00251. The second-order valence-electron chi connectivity index (χ2n) is 4.45. The Labute approximate surface area is 119 Å². The number of aromatic nitrogens is 2. The maximum atomic E-state index is 12.7. The highest BCUT2D eigenvalue weighted by molar-refractivity contribution is 5.75. The van der Waals surface area contributed by atoms with E-state index in [2.05, 4.69) is 10.4 Å². The molecule has 0 saturated carbocycles. The summed E-state index contributed by atoms with van der Waals surface area (Å²) in [7, 11) is 0. The molecule has 110 valence electrons. The number of carbonyl (C=O) groups excluding carboxylic acids is 1. The first-order valence-corrected chi connectivity index (χ1v) is 6.36. The third-order valence-corrected chi connectivity index (χ3v) is 2.85. The Bertz CT molecular complexity index is 734. The highest BCUT2D eigenvalue weighted by atomic mass is 19.1. The molecule has 0 aliphatic carbocycles. The Morgan fingerprint density at radius 2 is 1.86 bits per heavy atom. The standard InChI is InChI=1S/C14H14FN3O3/c15-11-3-1-10(2-4-11)9-16-12(19)7-8-18-14(21)6-5-13(20)17-18/h1-6H,7-9H2,(H,16,19)(H,17,20). The fourth-order valence-corrected chi connectivity index (χ4v) is 1.73. The van der Waals surface area contributed by atoms with Crippen molar-refractivity contribution >= 4 is 5.91 Å². The summed E-state index contributed by atoms with van der Waals surface area (Å²) in [6, 6.07) is 8.07. The van der Waals surface area contributed by atoms with Gasteiger partial charge in [-0.3, -0.25) is 19.5 Å². The van der Waals surface area contributed by atoms with Crippen molar-refractivity contribution in [2.45, 2.75) is 19.5 Å². The van der Waals surface area contributed by atoms with Gasteiger partial charge in [-0.25, -0.2) is 9.07 Å². The smallest absolute Gasteiger partial charge is 0.265 e. The Hall–Kier alpha value is -2.70. The maximum absolute atomic E-state index is 12.7. The van der Waals surface area contributed by atoms with E-state index >= 15 is 0 Å². The molecule has 0 fully saturated rings. The summed E-state index contributed by atoms with van der Waals surface area (Å²) in [5.74, 6) is -0.603. The van der Waals surface area contributed by atoms with Crippen molar-refractivity contribution < 1.29 is 9.18 Å². The molecule has 0 radical (unpaired) electrons. The Morgan fingerprint density at radius 3 is 2.57 bits per heavy atom. The second-order valence-corrected chi connectivity index (χ2v) is 4.45. The minimum Gasteiger partial charge on any atom is -0.352 e. The number of benzene rings is 1. The molecule has 6 nitrogen and oxygen atoms in total. The van der Waals surface area contributed by atoms with E-state index in [1.807, 2.05) is 0 Å². The highest BCUT2D eigenvalue weighted by Gasteiger charge is 2.04. The third kappa shape index (κ3) is 4.41. The molecular weight excluding hydrogens is 277 g/mol. The zero-order valence-corrected chi connectivity index (χ0v) is 11.1. The van der Waals surface area contributed by atoms with E-state index in [1.54, 1.807) is 12.1 Å². The monoisotopic (exact) mass is 291 g/mol. The predicted octanol–water partition coefficient (Wildman–Crippen LogP) is 0.382. The Balaban J connectivity index is 1.85. The third-order valence-electron chi connectivity index (χ3n) is 2.85. The molecule has 2 aromatic rings. The molecule has 0 aliphatic heterocycles. The normalized spacial score (nSPS) is 10.3. The van der Waals surface area contributed by atoms with Crippen LogP contribution in [0.25, 0.3) is 0 Å². The average molecular weight is 291 g/mol. The molecule has 0 bridgehead atoms. The van der Waals surface area contributed by atoms with Gasteiger partial charge in [0, 0.05) is 25.1 Å². The van der Waals surface area contributed by atoms with Crippen molar-refractivity contribution in [1.82, 2.24) is 15.1 Å². The number of aryl methyl sites for hydroxylation is 1. The van der Waals surface area contributed by atoms with Crippen LogP contribution in [-0.4, -0.2) is 15.7 Å². The summed E-state index contributed by atoms with van der Waals surface area (Å²) < 4.78 is 13.8. The van der Waals surface area contributed by atoms with Gasteiger partial charge in [0.25, 0.3) is 11.1 Å². The largest absolute Gasteiger partial charge is 0.352 e. The number of H-pyrrole nitrogens is 1. The van der Waals surface area contributed by atoms with E-state index in [4.69, 9.17) is 0 Å². The number of nitrogens with zero attached hydrogens (tertiary/aromatic N) is 1. The number of aromatic amines is 1. The van der Waals surface area contributed by atoms with E-state index in [9.17, 15) is 18.8 Å². The van der Waals surface area contributed by atoms with Gasteiger partial charge < -0.3 is 5.32 Å². The summed E-state index contributed by atoms with van der Waals surface area (Å²) in [6.07, 6.45) is 0.0566. The lowest BCUT2D eigenvalue weighted by atomic mass is 10.2. The molecule has 2 N–H and O–H groups in total. The molecule has 7 heteroatoms. The molecule has 1 aromatic carbocycles. The van der Waals surface area contributed by atoms with Gasteiger partial charge in [0.15, 0.2) is 0 Å². The zero-order chi connectivity index (χ0) is 15.2. The minimum absolute atomic E-state index is 0.0566. The zero-order valence-electron chi connectivity index (χ0n) is 11.1. The van der Waals surface area contributed by atoms with Gasteiger partial charge in [-0.2, -0.15) is 0 Å². The maximum Gasteiger partial charge on any atom is 0.265 e. The SMILES string of the molecule is O=C(CCn1[nH]c(=O)ccc1=O)NCc1ccc(F)cc1. The van der Waals surface area contributed by atoms with Crippen LogP contribution in [0.15, 0.2) is 46.0 Å². The molecule has 0 unspecified atom stereocenters. The van der Waals surface area contributed by atoms with Crippen LogP contribution >= 0.6 is 0 Å². The van der Waals surface area contributed by atoms with Crippen LogP contribution in [0.3, 0.4) is 0 Å². The molecular formula is C14H14FN3O3. The van der Waals surface area contributed by atoms with E-state index in [0.29, 0.717) is 0 Å². The molecule has 2 rings (SSSR count). The molecule has 0 spiro atoms. The molecule has 0 saturated heterocycles. The first kappa shape index (κ1) is 14.7. The molecule has 0 aliphatic rings. The van der Waals surface area contributed by atoms with Crippen molar-refractivity contribution in [3.05, 3.63) is 68.5 Å². The van der Waals surface area contributed by atoms with Crippen LogP contribution in [0, 0.1) is 5.82 Å². The molecule has 0 atom stereocenters. The Morgan fingerprint density at radius 1 is 1.14 bits per heavy atom. The van der Waals surface area contributed by atoms with E-state index in [-0.39, 0.29) is 36.8 Å². The number of hydrogen-bond donors (Lipinski definition) is 2. The van der Waals surface area contributed by atoms with E-state index < -0.39 is 5.56 Å². The van der Waals surface area contributed by atoms with Gasteiger partial charge in [0.2, 0.25) is 5.91 Å². The van der Waals surface area contributed by atoms with Crippen LogP contribution in [-0.2, 0) is 17.9 Å². The van der Waals surface area contributed by atoms with Gasteiger partial charge in [-0.1, -0.05) is 12.1 Å². The number of rotatable bonds is 5. The number of nitrogens with one attached hydrogen (secondary N) is 2. The second kappa shape index (κ2) is 6.65. The van der Waals surface area contributed by atoms with Crippen molar-refractivity contribution in [2.75, 3.05) is 0 Å². The fraction of sp³-hybridized carbons (Fsp3) is 0.214. The van der Waals surface area contributed by atoms with E-state index in [0.717, 1.165) is 22.4 Å². The fourth-order valence-electron chi connectivity index (χ4n) is 1.73. The van der Waals surface area contributed by atoms with E-state index in [1.165, 1.54) is 12.1 Å². The number of carbonyl (C=O) groups is 1. The molecule has 1 heterocycles. The summed E-state index contributed by atoms with van der Waals surface area (Å²) in [5, 5.41) is 4.99. The number of amides is 1. The van der Waals surface area contributed by atoms with Crippen molar-refractivity contribution in [3.63, 3.8) is 0 Å².